The molecule has 3 aromatic carbocycles. The molecule has 7 nitrogen and oxygen atoms in total. The number of halogens is 2. The highest BCUT2D eigenvalue weighted by atomic mass is 35.5. The largest absolute Gasteiger partial charge is 0.481 e. The summed E-state index contributed by atoms with van der Waals surface area (Å²) in [5.41, 5.74) is 4.55. The van der Waals surface area contributed by atoms with Crippen LogP contribution in [0.5, 0.6) is 0 Å². The lowest BCUT2D eigenvalue weighted by Gasteiger charge is -2.23. The zero-order chi connectivity index (χ0) is 25.8. The number of aryl methyl sites for hydroxylation is 1. The number of hydrogen-bond donors (Lipinski definition) is 1. The van der Waals surface area contributed by atoms with Gasteiger partial charge in [0.05, 0.1) is 23.7 Å². The molecule has 184 valence electrons. The number of carboxylic acid groups (broad SMARTS) is 1. The normalized spacial score (nSPS) is 10.8. The van der Waals surface area contributed by atoms with Gasteiger partial charge in [-0.3, -0.25) is 4.79 Å². The minimum atomic E-state index is -0.873. The molecular weight excluding hydrogens is 503 g/mol. The van der Waals surface area contributed by atoms with E-state index in [1.54, 1.807) is 44.2 Å². The zero-order valence-electron chi connectivity index (χ0n) is 19.5. The van der Waals surface area contributed by atoms with Crippen LogP contribution in [0.3, 0.4) is 0 Å². The van der Waals surface area contributed by atoms with Crippen molar-refractivity contribution in [3.05, 3.63) is 88.0 Å². The fourth-order valence-corrected chi connectivity index (χ4v) is 4.28. The van der Waals surface area contributed by atoms with Gasteiger partial charge in [-0.15, -0.1) is 0 Å². The van der Waals surface area contributed by atoms with Crippen LogP contribution < -0.4 is 4.90 Å². The highest BCUT2D eigenvalue weighted by Crippen LogP contribution is 2.42. The molecule has 1 heterocycles. The second-order valence-electron chi connectivity index (χ2n) is 7.92. The van der Waals surface area contributed by atoms with Gasteiger partial charge in [-0.05, 0) is 48.7 Å². The van der Waals surface area contributed by atoms with E-state index in [4.69, 9.17) is 37.6 Å². The molecule has 0 saturated carbocycles. The van der Waals surface area contributed by atoms with Gasteiger partial charge >= 0.3 is 12.1 Å². The molecule has 0 unspecified atom stereocenters. The van der Waals surface area contributed by atoms with Gasteiger partial charge in [-0.25, -0.2) is 9.69 Å². The molecule has 1 amide bonds. The van der Waals surface area contributed by atoms with Crippen LogP contribution >= 0.6 is 23.2 Å². The number of anilines is 2. The molecule has 4 rings (SSSR count). The van der Waals surface area contributed by atoms with E-state index in [-0.39, 0.29) is 18.1 Å². The van der Waals surface area contributed by atoms with Crippen LogP contribution in [0.1, 0.15) is 18.2 Å². The Morgan fingerprint density at radius 3 is 2.17 bits per heavy atom. The summed E-state index contributed by atoms with van der Waals surface area (Å²) < 4.78 is 11.0. The number of hydrogen-bond acceptors (Lipinski definition) is 5. The molecule has 0 aliphatic carbocycles. The molecule has 0 fully saturated rings. The molecule has 9 heteroatoms. The quantitative estimate of drug-likeness (QED) is 0.268. The van der Waals surface area contributed by atoms with Crippen LogP contribution in [0, 0.1) is 6.92 Å². The Morgan fingerprint density at radius 2 is 1.58 bits per heavy atom. The van der Waals surface area contributed by atoms with Crippen molar-refractivity contribution in [2.45, 2.75) is 20.3 Å². The second-order valence-corrected chi connectivity index (χ2v) is 8.76. The van der Waals surface area contributed by atoms with E-state index in [1.165, 1.54) is 4.90 Å². The minimum Gasteiger partial charge on any atom is -0.481 e. The van der Waals surface area contributed by atoms with Crippen LogP contribution in [-0.4, -0.2) is 28.9 Å². The lowest BCUT2D eigenvalue weighted by Crippen LogP contribution is -2.27. The Balaban J connectivity index is 1.72. The third-order valence-electron chi connectivity index (χ3n) is 5.45. The summed E-state index contributed by atoms with van der Waals surface area (Å²) in [6, 6.07) is 19.7. The van der Waals surface area contributed by atoms with Gasteiger partial charge in [-0.2, -0.15) is 0 Å². The number of amides is 1. The van der Waals surface area contributed by atoms with Gasteiger partial charge in [0, 0.05) is 10.6 Å². The molecule has 0 radical (unpaired) electrons. The van der Waals surface area contributed by atoms with E-state index in [1.807, 2.05) is 36.4 Å². The molecule has 0 saturated heterocycles. The molecule has 0 spiro atoms. The van der Waals surface area contributed by atoms with Crippen molar-refractivity contribution in [1.29, 1.82) is 0 Å². The zero-order valence-corrected chi connectivity index (χ0v) is 21.0. The first-order valence-corrected chi connectivity index (χ1v) is 11.8. The fraction of sp³-hybridized carbons (Fsp3) is 0.148. The maximum atomic E-state index is 13.1. The van der Waals surface area contributed by atoms with Crippen molar-refractivity contribution < 1.29 is 24.0 Å². The van der Waals surface area contributed by atoms with Crippen molar-refractivity contribution in [3.8, 4) is 22.5 Å². The second kappa shape index (κ2) is 10.8. The first-order chi connectivity index (χ1) is 17.3. The Bertz CT molecular complexity index is 1400. The lowest BCUT2D eigenvalue weighted by molar-refractivity contribution is -0.136. The van der Waals surface area contributed by atoms with Crippen LogP contribution in [0.15, 0.2) is 71.3 Å². The fourth-order valence-electron chi connectivity index (χ4n) is 3.78. The summed E-state index contributed by atoms with van der Waals surface area (Å²) in [6.45, 7) is 3.61. The van der Waals surface area contributed by atoms with Gasteiger partial charge in [0.15, 0.2) is 5.76 Å². The predicted molar refractivity (Wildman–Crippen MR) is 139 cm³/mol. The number of aromatic nitrogens is 1. The third-order valence-corrected chi connectivity index (χ3v) is 5.98. The SMILES string of the molecule is CCOC(=O)N(c1ccc(Cl)cc1Cl)c1c(C)noc1-c1ccc(-c2ccc(CC(=O)O)cc2)cc1. The number of carbonyl (C=O) groups excluding carboxylic acids is 1. The monoisotopic (exact) mass is 524 g/mol. The standard InChI is InChI=1S/C27H22Cl2N2O5/c1-3-35-27(34)31(23-13-12-21(28)15-22(23)29)25-16(2)30-36-26(25)20-10-8-19(9-11-20)18-6-4-17(5-7-18)14-24(32)33/h4-13,15H,3,14H2,1-2H3,(H,32,33). The Morgan fingerprint density at radius 1 is 0.972 bits per heavy atom. The Labute approximate surface area is 217 Å². The van der Waals surface area contributed by atoms with Gasteiger partial charge < -0.3 is 14.4 Å². The molecule has 0 aliphatic heterocycles. The van der Waals surface area contributed by atoms with Gasteiger partial charge in [-0.1, -0.05) is 76.9 Å². The summed E-state index contributed by atoms with van der Waals surface area (Å²) in [7, 11) is 0. The summed E-state index contributed by atoms with van der Waals surface area (Å²) >= 11 is 12.5. The van der Waals surface area contributed by atoms with E-state index in [0.717, 1.165) is 16.7 Å². The number of carbonyl (C=O) groups is 2. The Kier molecular flexibility index (Phi) is 7.62. The minimum absolute atomic E-state index is 0.0263. The van der Waals surface area contributed by atoms with Gasteiger partial charge in [0.25, 0.3) is 0 Å². The van der Waals surface area contributed by atoms with E-state index >= 15 is 0 Å². The number of aliphatic carboxylic acids is 1. The average molecular weight is 525 g/mol. The predicted octanol–water partition coefficient (Wildman–Crippen LogP) is 7.55. The van der Waals surface area contributed by atoms with Crippen molar-refractivity contribution in [2.75, 3.05) is 11.5 Å². The van der Waals surface area contributed by atoms with Crippen molar-refractivity contribution >= 4 is 46.6 Å². The smallest absolute Gasteiger partial charge is 0.419 e. The number of carboxylic acids is 1. The van der Waals surface area contributed by atoms with Crippen molar-refractivity contribution in [2.24, 2.45) is 0 Å². The topological polar surface area (TPSA) is 92.9 Å². The summed E-state index contributed by atoms with van der Waals surface area (Å²) in [5.74, 6) is -0.503. The maximum absolute atomic E-state index is 13.1. The first kappa shape index (κ1) is 25.3. The number of benzene rings is 3. The summed E-state index contributed by atoms with van der Waals surface area (Å²) in [5, 5.41) is 13.8. The number of nitrogens with zero attached hydrogens (tertiary/aromatic N) is 2. The molecule has 0 bridgehead atoms. The van der Waals surface area contributed by atoms with Crippen LogP contribution in [0.4, 0.5) is 16.2 Å². The first-order valence-electron chi connectivity index (χ1n) is 11.1. The van der Waals surface area contributed by atoms with E-state index in [2.05, 4.69) is 5.16 Å². The third kappa shape index (κ3) is 5.37. The lowest BCUT2D eigenvalue weighted by atomic mass is 10.0. The van der Waals surface area contributed by atoms with Gasteiger partial charge in [0.2, 0.25) is 0 Å². The van der Waals surface area contributed by atoms with Crippen LogP contribution in [0.2, 0.25) is 10.0 Å². The molecule has 0 aliphatic rings. The highest BCUT2D eigenvalue weighted by molar-refractivity contribution is 6.37. The molecule has 36 heavy (non-hydrogen) atoms. The van der Waals surface area contributed by atoms with Crippen LogP contribution in [0.25, 0.3) is 22.5 Å². The molecule has 1 aromatic heterocycles. The summed E-state index contributed by atoms with van der Waals surface area (Å²) in [4.78, 5) is 25.3. The highest BCUT2D eigenvalue weighted by Gasteiger charge is 2.30. The maximum Gasteiger partial charge on any atom is 0.419 e. The molecular formula is C27H22Cl2N2O5. The van der Waals surface area contributed by atoms with Gasteiger partial charge in [0.1, 0.15) is 11.4 Å². The number of ether oxygens (including phenoxy) is 1. The van der Waals surface area contributed by atoms with E-state index in [9.17, 15) is 9.59 Å². The Hall–Kier alpha value is -3.81. The van der Waals surface area contributed by atoms with E-state index in [0.29, 0.717) is 33.4 Å². The van der Waals surface area contributed by atoms with Crippen molar-refractivity contribution in [3.63, 3.8) is 0 Å². The molecule has 0 atom stereocenters. The van der Waals surface area contributed by atoms with E-state index < -0.39 is 12.1 Å². The molecule has 1 N–H and O–H groups in total. The van der Waals surface area contributed by atoms with Crippen molar-refractivity contribution in [1.82, 2.24) is 5.16 Å². The van der Waals surface area contributed by atoms with Crippen LogP contribution in [-0.2, 0) is 16.0 Å². The molecule has 4 aromatic rings. The summed E-state index contributed by atoms with van der Waals surface area (Å²) in [6.07, 6.45) is -0.658. The number of rotatable bonds is 7. The average Bonchev–Trinajstić information content (AvgIpc) is 3.22.